The Morgan fingerprint density at radius 1 is 1.11 bits per heavy atom. The molecule has 1 N–H and O–H groups in total. The van der Waals surface area contributed by atoms with E-state index in [-0.39, 0.29) is 12.1 Å². The fourth-order valence-electron chi connectivity index (χ4n) is 4.77. The number of aryl methyl sites for hydroxylation is 1. The zero-order valence-corrected chi connectivity index (χ0v) is 22.9. The number of carbonyl (C=O) groups excluding carboxylic acids is 1. The van der Waals surface area contributed by atoms with Crippen molar-refractivity contribution in [3.8, 4) is 21.8 Å². The Balaban J connectivity index is 1.44. The molecule has 3 heterocycles. The van der Waals surface area contributed by atoms with E-state index in [9.17, 15) is 4.79 Å². The number of thiazole rings is 1. The van der Waals surface area contributed by atoms with Crippen LogP contribution in [0, 0.1) is 6.92 Å². The molecule has 2 aromatic heterocycles. The average Bonchev–Trinajstić information content (AvgIpc) is 3.40. The average molecular weight is 528 g/mol. The van der Waals surface area contributed by atoms with Crippen LogP contribution in [0.2, 0.25) is 0 Å². The van der Waals surface area contributed by atoms with Crippen LogP contribution in [0.25, 0.3) is 21.8 Å². The maximum atomic E-state index is 12.2. The maximum absolute atomic E-state index is 12.2. The van der Waals surface area contributed by atoms with Crippen LogP contribution < -0.4 is 5.32 Å². The van der Waals surface area contributed by atoms with Crippen LogP contribution in [-0.4, -0.2) is 45.6 Å². The number of amides is 1. The van der Waals surface area contributed by atoms with Gasteiger partial charge < -0.3 is 15.0 Å². The molecule has 1 aliphatic rings. The van der Waals surface area contributed by atoms with Gasteiger partial charge in [0.2, 0.25) is 5.95 Å². The monoisotopic (exact) mass is 527 g/mol. The van der Waals surface area contributed by atoms with Gasteiger partial charge in [-0.2, -0.15) is 0 Å². The SMILES string of the molecule is CCOC(=O)N1CCC(c2nc(-c3cccc(C)c3)c(-c3ccnc(NC(C)c4ccccc4)n3)s2)CC1. The number of carbonyl (C=O) groups is 1. The van der Waals surface area contributed by atoms with Gasteiger partial charge in [0.25, 0.3) is 0 Å². The lowest BCUT2D eigenvalue weighted by molar-refractivity contribution is 0.0970. The molecule has 196 valence electrons. The van der Waals surface area contributed by atoms with E-state index in [0.717, 1.165) is 39.7 Å². The molecule has 0 radical (unpaired) electrons. The van der Waals surface area contributed by atoms with Crippen LogP contribution in [0.3, 0.4) is 0 Å². The van der Waals surface area contributed by atoms with Crippen LogP contribution in [0.15, 0.2) is 66.9 Å². The molecule has 5 rings (SSSR count). The Morgan fingerprint density at radius 2 is 1.89 bits per heavy atom. The van der Waals surface area contributed by atoms with E-state index in [1.807, 2.05) is 31.2 Å². The van der Waals surface area contributed by atoms with Gasteiger partial charge in [-0.05, 0) is 51.3 Å². The van der Waals surface area contributed by atoms with Gasteiger partial charge in [-0.15, -0.1) is 11.3 Å². The van der Waals surface area contributed by atoms with Crippen molar-refractivity contribution in [1.82, 2.24) is 19.9 Å². The number of hydrogen-bond donors (Lipinski definition) is 1. The van der Waals surface area contributed by atoms with Crippen molar-refractivity contribution in [2.24, 2.45) is 0 Å². The second-order valence-corrected chi connectivity index (χ2v) is 10.6. The molecule has 1 unspecified atom stereocenters. The molecule has 1 saturated heterocycles. The highest BCUT2D eigenvalue weighted by Crippen LogP contribution is 2.41. The normalized spacial score (nSPS) is 14.8. The van der Waals surface area contributed by atoms with Crippen molar-refractivity contribution in [1.29, 1.82) is 0 Å². The van der Waals surface area contributed by atoms with Gasteiger partial charge in [0.1, 0.15) is 0 Å². The minimum atomic E-state index is -0.225. The van der Waals surface area contributed by atoms with Crippen molar-refractivity contribution >= 4 is 23.4 Å². The standard InChI is InChI=1S/C30H33N5O2S/c1-4-37-30(36)35-17-14-23(15-18-35)28-34-26(24-12-8-9-20(2)19-24)27(38-28)25-13-16-31-29(33-25)32-21(3)22-10-6-5-7-11-22/h5-13,16,19,21,23H,4,14-15,17-18H2,1-3H3,(H,31,32,33). The predicted molar refractivity (Wildman–Crippen MR) is 152 cm³/mol. The molecule has 8 heteroatoms. The van der Waals surface area contributed by atoms with Gasteiger partial charge in [0.05, 0.1) is 33.9 Å². The van der Waals surface area contributed by atoms with Crippen molar-refractivity contribution in [2.45, 2.75) is 45.6 Å². The van der Waals surface area contributed by atoms with E-state index >= 15 is 0 Å². The Bertz CT molecular complexity index is 1380. The number of hydrogen-bond acceptors (Lipinski definition) is 7. The smallest absolute Gasteiger partial charge is 0.409 e. The molecule has 1 atom stereocenters. The number of aromatic nitrogens is 3. The second-order valence-electron chi connectivity index (χ2n) is 9.60. The van der Waals surface area contributed by atoms with E-state index in [1.165, 1.54) is 11.1 Å². The maximum Gasteiger partial charge on any atom is 0.409 e. The van der Waals surface area contributed by atoms with E-state index in [0.29, 0.717) is 31.6 Å². The van der Waals surface area contributed by atoms with Crippen LogP contribution >= 0.6 is 11.3 Å². The first-order chi connectivity index (χ1) is 18.5. The van der Waals surface area contributed by atoms with E-state index < -0.39 is 0 Å². The Labute approximate surface area is 227 Å². The van der Waals surface area contributed by atoms with Crippen LogP contribution in [0.5, 0.6) is 0 Å². The lowest BCUT2D eigenvalue weighted by Gasteiger charge is -2.30. The predicted octanol–water partition coefficient (Wildman–Crippen LogP) is 7.08. The third-order valence-corrected chi connectivity index (χ3v) is 8.08. The third-order valence-electron chi connectivity index (χ3n) is 6.84. The number of anilines is 1. The fraction of sp³-hybridized carbons (Fsp3) is 0.333. The first-order valence-corrected chi connectivity index (χ1v) is 14.0. The number of benzene rings is 2. The highest BCUT2D eigenvalue weighted by atomic mass is 32.1. The summed E-state index contributed by atoms with van der Waals surface area (Å²) in [6, 6.07) is 20.8. The van der Waals surface area contributed by atoms with Gasteiger partial charge in [-0.1, -0.05) is 54.1 Å². The third kappa shape index (κ3) is 5.86. The molecule has 1 fully saturated rings. The number of ether oxygens (including phenoxy) is 1. The highest BCUT2D eigenvalue weighted by Gasteiger charge is 2.28. The Kier molecular flexibility index (Phi) is 7.98. The quantitative estimate of drug-likeness (QED) is 0.276. The first kappa shape index (κ1) is 25.9. The highest BCUT2D eigenvalue weighted by molar-refractivity contribution is 7.15. The van der Waals surface area contributed by atoms with Gasteiger partial charge in [-0.3, -0.25) is 0 Å². The van der Waals surface area contributed by atoms with E-state index in [1.54, 1.807) is 22.4 Å². The Morgan fingerprint density at radius 3 is 2.63 bits per heavy atom. The molecule has 38 heavy (non-hydrogen) atoms. The van der Waals surface area contributed by atoms with Crippen LogP contribution in [0.1, 0.15) is 54.8 Å². The number of nitrogens with one attached hydrogen (secondary N) is 1. The first-order valence-electron chi connectivity index (χ1n) is 13.2. The summed E-state index contributed by atoms with van der Waals surface area (Å²) in [5.74, 6) is 0.882. The molecule has 0 saturated carbocycles. The summed E-state index contributed by atoms with van der Waals surface area (Å²) in [6.07, 6.45) is 3.31. The molecule has 2 aromatic carbocycles. The molecule has 1 aliphatic heterocycles. The van der Waals surface area contributed by atoms with Crippen molar-refractivity contribution in [2.75, 3.05) is 25.0 Å². The fourth-order valence-corrected chi connectivity index (χ4v) is 6.00. The minimum Gasteiger partial charge on any atom is -0.450 e. The second kappa shape index (κ2) is 11.7. The summed E-state index contributed by atoms with van der Waals surface area (Å²) < 4.78 is 5.19. The van der Waals surface area contributed by atoms with Crippen LogP contribution in [-0.2, 0) is 4.74 Å². The number of nitrogens with zero attached hydrogens (tertiary/aromatic N) is 4. The molecular formula is C30H33N5O2S. The largest absolute Gasteiger partial charge is 0.450 e. The van der Waals surface area contributed by atoms with Gasteiger partial charge in [0.15, 0.2) is 0 Å². The summed E-state index contributed by atoms with van der Waals surface area (Å²) in [6.45, 7) is 7.80. The van der Waals surface area contributed by atoms with Gasteiger partial charge in [-0.25, -0.2) is 19.7 Å². The van der Waals surface area contributed by atoms with Crippen LogP contribution in [0.4, 0.5) is 10.7 Å². The molecule has 1 amide bonds. The molecule has 7 nitrogen and oxygen atoms in total. The van der Waals surface area contributed by atoms with Crippen molar-refractivity contribution in [3.63, 3.8) is 0 Å². The molecule has 0 bridgehead atoms. The lowest BCUT2D eigenvalue weighted by atomic mass is 9.98. The molecule has 0 spiro atoms. The van der Waals surface area contributed by atoms with E-state index in [2.05, 4.69) is 60.5 Å². The van der Waals surface area contributed by atoms with Crippen molar-refractivity contribution in [3.05, 3.63) is 83.0 Å². The van der Waals surface area contributed by atoms with Crippen molar-refractivity contribution < 1.29 is 9.53 Å². The summed E-state index contributed by atoms with van der Waals surface area (Å²) in [5, 5.41) is 4.53. The molecule has 4 aromatic rings. The molecular weight excluding hydrogens is 494 g/mol. The van der Waals surface area contributed by atoms with Gasteiger partial charge in [0, 0.05) is 30.8 Å². The number of rotatable bonds is 7. The number of likely N-dealkylation sites (tertiary alicyclic amines) is 1. The zero-order chi connectivity index (χ0) is 26.5. The summed E-state index contributed by atoms with van der Waals surface area (Å²) in [5.41, 5.74) is 5.25. The zero-order valence-electron chi connectivity index (χ0n) is 22.1. The summed E-state index contributed by atoms with van der Waals surface area (Å²) >= 11 is 1.70. The molecule has 0 aliphatic carbocycles. The number of piperidine rings is 1. The van der Waals surface area contributed by atoms with E-state index in [4.69, 9.17) is 14.7 Å². The summed E-state index contributed by atoms with van der Waals surface area (Å²) in [7, 11) is 0. The van der Waals surface area contributed by atoms with Gasteiger partial charge >= 0.3 is 6.09 Å². The summed E-state index contributed by atoms with van der Waals surface area (Å²) in [4.78, 5) is 29.6. The topological polar surface area (TPSA) is 80.2 Å². The Hall–Kier alpha value is -3.78. The lowest BCUT2D eigenvalue weighted by Crippen LogP contribution is -2.38. The minimum absolute atomic E-state index is 0.0734.